The standard InChI is InChI=1S/C16H23N3O/c1-12(2)19-10-9-15(18-19)11-17-13(3)14-5-7-16(20-4)8-6-14/h5-10,12-13,17H,11H2,1-4H3. The highest BCUT2D eigenvalue weighted by atomic mass is 16.5. The van der Waals surface area contributed by atoms with Gasteiger partial charge < -0.3 is 10.1 Å². The van der Waals surface area contributed by atoms with Crippen LogP contribution in [0.1, 0.15) is 44.1 Å². The molecule has 0 saturated heterocycles. The van der Waals surface area contributed by atoms with E-state index in [1.165, 1.54) is 5.56 Å². The first-order chi connectivity index (χ1) is 9.60. The summed E-state index contributed by atoms with van der Waals surface area (Å²) >= 11 is 0. The lowest BCUT2D eigenvalue weighted by molar-refractivity contribution is 0.414. The summed E-state index contributed by atoms with van der Waals surface area (Å²) in [5.74, 6) is 0.886. The third kappa shape index (κ3) is 3.61. The normalized spacial score (nSPS) is 12.7. The number of nitrogens with one attached hydrogen (secondary N) is 1. The van der Waals surface area contributed by atoms with E-state index in [0.29, 0.717) is 6.04 Å². The smallest absolute Gasteiger partial charge is 0.118 e. The Labute approximate surface area is 120 Å². The fourth-order valence-corrected chi connectivity index (χ4v) is 2.03. The van der Waals surface area contributed by atoms with E-state index in [0.717, 1.165) is 18.0 Å². The Kier molecular flexibility index (Phi) is 4.79. The van der Waals surface area contributed by atoms with Gasteiger partial charge in [-0.3, -0.25) is 4.68 Å². The molecule has 4 nitrogen and oxygen atoms in total. The molecule has 0 saturated carbocycles. The zero-order valence-electron chi connectivity index (χ0n) is 12.6. The van der Waals surface area contributed by atoms with Crippen LogP contribution in [0.3, 0.4) is 0 Å². The van der Waals surface area contributed by atoms with Crippen LogP contribution < -0.4 is 10.1 Å². The van der Waals surface area contributed by atoms with Crippen molar-refractivity contribution < 1.29 is 4.74 Å². The summed E-state index contributed by atoms with van der Waals surface area (Å²) in [4.78, 5) is 0. The van der Waals surface area contributed by atoms with Gasteiger partial charge in [0.1, 0.15) is 5.75 Å². The molecule has 1 aromatic heterocycles. The molecule has 0 amide bonds. The molecule has 108 valence electrons. The van der Waals surface area contributed by atoms with Gasteiger partial charge in [0.25, 0.3) is 0 Å². The van der Waals surface area contributed by atoms with Crippen molar-refractivity contribution in [1.82, 2.24) is 15.1 Å². The second-order valence-corrected chi connectivity index (χ2v) is 5.26. The van der Waals surface area contributed by atoms with Gasteiger partial charge in [-0.15, -0.1) is 0 Å². The van der Waals surface area contributed by atoms with Crippen molar-refractivity contribution in [3.63, 3.8) is 0 Å². The Bertz CT molecular complexity index is 531. The molecule has 0 aliphatic carbocycles. The highest BCUT2D eigenvalue weighted by Gasteiger charge is 2.07. The maximum atomic E-state index is 5.17. The number of methoxy groups -OCH3 is 1. The lowest BCUT2D eigenvalue weighted by Gasteiger charge is -2.14. The number of hydrogen-bond donors (Lipinski definition) is 1. The maximum Gasteiger partial charge on any atom is 0.118 e. The number of hydrogen-bond acceptors (Lipinski definition) is 3. The largest absolute Gasteiger partial charge is 0.497 e. The number of ether oxygens (including phenoxy) is 1. The second-order valence-electron chi connectivity index (χ2n) is 5.26. The minimum Gasteiger partial charge on any atom is -0.497 e. The van der Waals surface area contributed by atoms with Crippen molar-refractivity contribution >= 4 is 0 Å². The highest BCUT2D eigenvalue weighted by Crippen LogP contribution is 2.17. The molecule has 2 rings (SSSR count). The maximum absolute atomic E-state index is 5.17. The number of rotatable bonds is 6. The van der Waals surface area contributed by atoms with Crippen molar-refractivity contribution in [2.45, 2.75) is 39.4 Å². The van der Waals surface area contributed by atoms with Crippen LogP contribution in [-0.4, -0.2) is 16.9 Å². The van der Waals surface area contributed by atoms with E-state index in [9.17, 15) is 0 Å². The first-order valence-electron chi connectivity index (χ1n) is 7.01. The molecular formula is C16H23N3O. The van der Waals surface area contributed by atoms with E-state index < -0.39 is 0 Å². The van der Waals surface area contributed by atoms with Crippen LogP contribution >= 0.6 is 0 Å². The van der Waals surface area contributed by atoms with E-state index in [-0.39, 0.29) is 6.04 Å². The van der Waals surface area contributed by atoms with Gasteiger partial charge in [-0.1, -0.05) is 12.1 Å². The summed E-state index contributed by atoms with van der Waals surface area (Å²) < 4.78 is 7.15. The van der Waals surface area contributed by atoms with Gasteiger partial charge >= 0.3 is 0 Å². The molecule has 0 aliphatic heterocycles. The molecule has 20 heavy (non-hydrogen) atoms. The Morgan fingerprint density at radius 1 is 1.15 bits per heavy atom. The minimum absolute atomic E-state index is 0.283. The van der Waals surface area contributed by atoms with Crippen LogP contribution in [0, 0.1) is 0 Å². The van der Waals surface area contributed by atoms with Gasteiger partial charge in [-0.25, -0.2) is 0 Å². The second kappa shape index (κ2) is 6.57. The molecule has 1 atom stereocenters. The van der Waals surface area contributed by atoms with Gasteiger partial charge in [-0.2, -0.15) is 5.10 Å². The summed E-state index contributed by atoms with van der Waals surface area (Å²) in [5.41, 5.74) is 2.31. The molecule has 1 aromatic carbocycles. The van der Waals surface area contributed by atoms with Crippen LogP contribution in [0.25, 0.3) is 0 Å². The SMILES string of the molecule is COc1ccc(C(C)NCc2ccn(C(C)C)n2)cc1. The molecule has 4 heteroatoms. The summed E-state index contributed by atoms with van der Waals surface area (Å²) in [7, 11) is 1.68. The van der Waals surface area contributed by atoms with Crippen LogP contribution in [0.2, 0.25) is 0 Å². The third-order valence-electron chi connectivity index (χ3n) is 3.40. The monoisotopic (exact) mass is 273 g/mol. The Morgan fingerprint density at radius 3 is 2.40 bits per heavy atom. The topological polar surface area (TPSA) is 39.1 Å². The molecule has 0 fully saturated rings. The Hall–Kier alpha value is -1.81. The summed E-state index contributed by atoms with van der Waals surface area (Å²) in [5, 5.41) is 8.03. The zero-order valence-corrected chi connectivity index (χ0v) is 12.6. The highest BCUT2D eigenvalue weighted by molar-refractivity contribution is 5.28. The predicted octanol–water partition coefficient (Wildman–Crippen LogP) is 3.32. The molecule has 0 spiro atoms. The van der Waals surface area contributed by atoms with Crippen molar-refractivity contribution in [2.75, 3.05) is 7.11 Å². The van der Waals surface area contributed by atoms with Gasteiger partial charge in [-0.05, 0) is 44.5 Å². The van der Waals surface area contributed by atoms with E-state index in [4.69, 9.17) is 4.74 Å². The summed E-state index contributed by atoms with van der Waals surface area (Å²) in [6.07, 6.45) is 2.03. The fourth-order valence-electron chi connectivity index (χ4n) is 2.03. The van der Waals surface area contributed by atoms with Crippen molar-refractivity contribution in [2.24, 2.45) is 0 Å². The van der Waals surface area contributed by atoms with Crippen molar-refractivity contribution in [3.8, 4) is 5.75 Å². The number of nitrogens with zero attached hydrogens (tertiary/aromatic N) is 2. The molecule has 1 N–H and O–H groups in total. The Morgan fingerprint density at radius 2 is 1.85 bits per heavy atom. The lowest BCUT2D eigenvalue weighted by atomic mass is 10.1. The molecule has 1 unspecified atom stereocenters. The van der Waals surface area contributed by atoms with Gasteiger partial charge in [0, 0.05) is 24.8 Å². The molecule has 1 heterocycles. The zero-order chi connectivity index (χ0) is 14.5. The van der Waals surface area contributed by atoms with Crippen LogP contribution in [0.5, 0.6) is 5.75 Å². The van der Waals surface area contributed by atoms with Crippen LogP contribution in [0.15, 0.2) is 36.5 Å². The third-order valence-corrected chi connectivity index (χ3v) is 3.40. The predicted molar refractivity (Wildman–Crippen MR) is 80.9 cm³/mol. The van der Waals surface area contributed by atoms with Crippen LogP contribution in [0.4, 0.5) is 0 Å². The first-order valence-corrected chi connectivity index (χ1v) is 7.01. The minimum atomic E-state index is 0.283. The summed E-state index contributed by atoms with van der Waals surface area (Å²) in [6.45, 7) is 7.18. The van der Waals surface area contributed by atoms with Gasteiger partial charge in [0.15, 0.2) is 0 Å². The lowest BCUT2D eigenvalue weighted by Crippen LogP contribution is -2.18. The molecule has 0 bridgehead atoms. The fraction of sp³-hybridized carbons (Fsp3) is 0.438. The first kappa shape index (κ1) is 14.6. The van der Waals surface area contributed by atoms with E-state index in [2.05, 4.69) is 49.4 Å². The molecule has 2 aromatic rings. The molecule has 0 aliphatic rings. The van der Waals surface area contributed by atoms with Crippen molar-refractivity contribution in [1.29, 1.82) is 0 Å². The average molecular weight is 273 g/mol. The van der Waals surface area contributed by atoms with Gasteiger partial charge in [0.05, 0.1) is 12.8 Å². The van der Waals surface area contributed by atoms with E-state index in [1.807, 2.05) is 23.0 Å². The summed E-state index contributed by atoms with van der Waals surface area (Å²) in [6, 6.07) is 10.9. The van der Waals surface area contributed by atoms with Crippen molar-refractivity contribution in [3.05, 3.63) is 47.8 Å². The van der Waals surface area contributed by atoms with Gasteiger partial charge in [0.2, 0.25) is 0 Å². The molecule has 0 radical (unpaired) electrons. The Balaban J connectivity index is 1.91. The average Bonchev–Trinajstić information content (AvgIpc) is 2.94. The van der Waals surface area contributed by atoms with E-state index >= 15 is 0 Å². The molecular weight excluding hydrogens is 250 g/mol. The number of benzene rings is 1. The van der Waals surface area contributed by atoms with E-state index in [1.54, 1.807) is 7.11 Å². The quantitative estimate of drug-likeness (QED) is 0.877. The van der Waals surface area contributed by atoms with Crippen LogP contribution in [-0.2, 0) is 6.54 Å². The number of aromatic nitrogens is 2.